The fourth-order valence-electron chi connectivity index (χ4n) is 2.70. The molecule has 0 saturated heterocycles. The number of hydrogen-bond donors (Lipinski definition) is 3. The van der Waals surface area contributed by atoms with Crippen molar-refractivity contribution in [3.05, 3.63) is 41.5 Å². The number of fused-ring (bicyclic) bond motifs is 1. The van der Waals surface area contributed by atoms with Gasteiger partial charge in [-0.2, -0.15) is 0 Å². The Hall–Kier alpha value is -2.89. The van der Waals surface area contributed by atoms with E-state index < -0.39 is 11.7 Å². The van der Waals surface area contributed by atoms with Gasteiger partial charge in [0, 0.05) is 6.07 Å². The molecule has 0 bridgehead atoms. The first-order valence-corrected chi connectivity index (χ1v) is 7.09. The smallest absolute Gasteiger partial charge is 0.203 e. The highest BCUT2D eigenvalue weighted by atomic mass is 16.5. The van der Waals surface area contributed by atoms with E-state index in [0.29, 0.717) is 6.42 Å². The molecule has 120 valence electrons. The lowest BCUT2D eigenvalue weighted by Crippen LogP contribution is -2.29. The zero-order valence-corrected chi connectivity index (χ0v) is 12.4. The Bertz CT molecular complexity index is 751. The largest absolute Gasteiger partial charge is 0.508 e. The summed E-state index contributed by atoms with van der Waals surface area (Å²) < 4.78 is 10.4. The van der Waals surface area contributed by atoms with Gasteiger partial charge in [-0.05, 0) is 24.1 Å². The summed E-state index contributed by atoms with van der Waals surface area (Å²) >= 11 is 0. The average molecular weight is 316 g/mol. The van der Waals surface area contributed by atoms with Crippen molar-refractivity contribution in [2.24, 2.45) is 5.92 Å². The van der Waals surface area contributed by atoms with Crippen LogP contribution in [0.3, 0.4) is 0 Å². The van der Waals surface area contributed by atoms with Crippen LogP contribution < -0.4 is 9.47 Å². The van der Waals surface area contributed by atoms with Crippen LogP contribution in [0.25, 0.3) is 0 Å². The van der Waals surface area contributed by atoms with Gasteiger partial charge in [0.05, 0.1) is 19.6 Å². The van der Waals surface area contributed by atoms with Crippen molar-refractivity contribution in [2.45, 2.75) is 6.42 Å². The van der Waals surface area contributed by atoms with Crippen molar-refractivity contribution in [2.75, 3.05) is 13.7 Å². The predicted octanol–water partition coefficient (Wildman–Crippen LogP) is 2.25. The highest BCUT2D eigenvalue weighted by molar-refractivity contribution is 6.05. The topological polar surface area (TPSA) is 96.2 Å². The number of carbonyl (C=O) groups excluding carboxylic acids is 1. The van der Waals surface area contributed by atoms with Crippen LogP contribution in [0.4, 0.5) is 0 Å². The van der Waals surface area contributed by atoms with E-state index in [1.165, 1.54) is 13.2 Å². The normalized spacial score (nSPS) is 16.6. The molecule has 0 saturated carbocycles. The molecule has 2 aromatic rings. The SMILES string of the molecule is COc1c(O)cc2c(c1O)C(=O)[C@@H](Cc1ccc(O)cc1)CO2. The van der Waals surface area contributed by atoms with E-state index >= 15 is 0 Å². The molecular formula is C17H16O6. The standard InChI is InChI=1S/C17H16O6/c1-22-17-12(19)7-13-14(16(17)21)15(20)10(8-23-13)6-9-2-4-11(18)5-3-9/h2-5,7,10,18-19,21H,6,8H2,1H3/t10-/m0/s1. The third-order valence-electron chi connectivity index (χ3n) is 3.88. The Morgan fingerprint density at radius 3 is 2.57 bits per heavy atom. The molecule has 0 radical (unpaired) electrons. The minimum atomic E-state index is -0.466. The van der Waals surface area contributed by atoms with Gasteiger partial charge in [-0.1, -0.05) is 12.1 Å². The van der Waals surface area contributed by atoms with Crippen LogP contribution in [0.5, 0.6) is 28.7 Å². The lowest BCUT2D eigenvalue weighted by Gasteiger charge is -2.25. The molecule has 23 heavy (non-hydrogen) atoms. The van der Waals surface area contributed by atoms with Crippen LogP contribution in [-0.4, -0.2) is 34.8 Å². The molecule has 3 N–H and O–H groups in total. The number of methoxy groups -OCH3 is 1. The summed E-state index contributed by atoms with van der Waals surface area (Å²) in [4.78, 5) is 12.7. The molecule has 6 heteroatoms. The summed E-state index contributed by atoms with van der Waals surface area (Å²) in [6.07, 6.45) is 0.418. The predicted molar refractivity (Wildman–Crippen MR) is 81.4 cm³/mol. The Morgan fingerprint density at radius 1 is 1.22 bits per heavy atom. The number of phenols is 3. The number of Topliss-reactive ketones (excluding diaryl/α,β-unsaturated/α-hetero) is 1. The molecule has 3 rings (SSSR count). The zero-order valence-electron chi connectivity index (χ0n) is 12.4. The van der Waals surface area contributed by atoms with Crippen molar-refractivity contribution < 1.29 is 29.6 Å². The van der Waals surface area contributed by atoms with Gasteiger partial charge < -0.3 is 24.8 Å². The lowest BCUT2D eigenvalue weighted by molar-refractivity contribution is 0.0824. The fourth-order valence-corrected chi connectivity index (χ4v) is 2.70. The molecule has 0 unspecified atom stereocenters. The number of ketones is 1. The minimum absolute atomic E-state index is 0.0229. The molecular weight excluding hydrogens is 300 g/mol. The van der Waals surface area contributed by atoms with E-state index in [1.807, 2.05) is 0 Å². The summed E-state index contributed by atoms with van der Waals surface area (Å²) in [5.41, 5.74) is 0.896. The van der Waals surface area contributed by atoms with Crippen molar-refractivity contribution in [3.8, 4) is 28.7 Å². The zero-order chi connectivity index (χ0) is 16.6. The van der Waals surface area contributed by atoms with E-state index in [-0.39, 0.29) is 41.0 Å². The second-order valence-corrected chi connectivity index (χ2v) is 5.39. The molecule has 6 nitrogen and oxygen atoms in total. The van der Waals surface area contributed by atoms with Gasteiger partial charge in [0.1, 0.15) is 17.1 Å². The quantitative estimate of drug-likeness (QED) is 0.803. The van der Waals surface area contributed by atoms with E-state index in [2.05, 4.69) is 0 Å². The van der Waals surface area contributed by atoms with Crippen molar-refractivity contribution in [1.29, 1.82) is 0 Å². The van der Waals surface area contributed by atoms with E-state index in [1.54, 1.807) is 24.3 Å². The molecule has 0 aromatic heterocycles. The second kappa shape index (κ2) is 5.72. The molecule has 0 fully saturated rings. The van der Waals surface area contributed by atoms with E-state index in [0.717, 1.165) is 5.56 Å². The van der Waals surface area contributed by atoms with Crippen LogP contribution in [0.1, 0.15) is 15.9 Å². The molecule has 0 amide bonds. The number of benzene rings is 2. The summed E-state index contributed by atoms with van der Waals surface area (Å²) in [5, 5.41) is 29.3. The Morgan fingerprint density at radius 2 is 1.91 bits per heavy atom. The van der Waals surface area contributed by atoms with Crippen LogP contribution in [-0.2, 0) is 6.42 Å². The van der Waals surface area contributed by atoms with Crippen LogP contribution in [0, 0.1) is 5.92 Å². The number of phenolic OH excluding ortho intramolecular Hbond substituents is 3. The summed E-state index contributed by atoms with van der Waals surface area (Å²) in [7, 11) is 1.29. The third kappa shape index (κ3) is 2.63. The van der Waals surface area contributed by atoms with Crippen molar-refractivity contribution >= 4 is 5.78 Å². The van der Waals surface area contributed by atoms with Crippen LogP contribution >= 0.6 is 0 Å². The van der Waals surface area contributed by atoms with Gasteiger partial charge >= 0.3 is 0 Å². The molecule has 1 heterocycles. The third-order valence-corrected chi connectivity index (χ3v) is 3.88. The summed E-state index contributed by atoms with van der Waals surface area (Å²) in [6, 6.07) is 7.83. The van der Waals surface area contributed by atoms with Gasteiger partial charge in [-0.3, -0.25) is 4.79 Å². The minimum Gasteiger partial charge on any atom is -0.508 e. The van der Waals surface area contributed by atoms with Crippen LogP contribution in [0.15, 0.2) is 30.3 Å². The molecule has 2 aromatic carbocycles. The number of rotatable bonds is 3. The second-order valence-electron chi connectivity index (χ2n) is 5.39. The lowest BCUT2D eigenvalue weighted by atomic mass is 9.89. The fraction of sp³-hybridized carbons (Fsp3) is 0.235. The monoisotopic (exact) mass is 316 g/mol. The first kappa shape index (κ1) is 15.0. The number of aromatic hydroxyl groups is 3. The Balaban J connectivity index is 1.92. The van der Waals surface area contributed by atoms with Gasteiger partial charge in [0.15, 0.2) is 17.3 Å². The highest BCUT2D eigenvalue weighted by Gasteiger charge is 2.34. The van der Waals surface area contributed by atoms with Crippen molar-refractivity contribution in [3.63, 3.8) is 0 Å². The van der Waals surface area contributed by atoms with E-state index in [9.17, 15) is 20.1 Å². The summed E-state index contributed by atoms with van der Waals surface area (Å²) in [6.45, 7) is 0.151. The maximum Gasteiger partial charge on any atom is 0.203 e. The summed E-state index contributed by atoms with van der Waals surface area (Å²) in [5.74, 6) is -1.28. The molecule has 0 aliphatic carbocycles. The number of hydrogen-bond acceptors (Lipinski definition) is 6. The van der Waals surface area contributed by atoms with Crippen molar-refractivity contribution in [1.82, 2.24) is 0 Å². The number of carbonyl (C=O) groups is 1. The average Bonchev–Trinajstić information content (AvgIpc) is 2.52. The van der Waals surface area contributed by atoms with E-state index in [4.69, 9.17) is 9.47 Å². The maximum absolute atomic E-state index is 12.7. The molecule has 0 spiro atoms. The van der Waals surface area contributed by atoms with Gasteiger partial charge in [0.2, 0.25) is 5.75 Å². The number of ether oxygens (including phenoxy) is 2. The van der Waals surface area contributed by atoms with Gasteiger partial charge in [-0.25, -0.2) is 0 Å². The maximum atomic E-state index is 12.7. The Kier molecular flexibility index (Phi) is 3.73. The highest BCUT2D eigenvalue weighted by Crippen LogP contribution is 2.46. The first-order chi connectivity index (χ1) is 11.0. The molecule has 1 aliphatic heterocycles. The van der Waals surface area contributed by atoms with Gasteiger partial charge in [0.25, 0.3) is 0 Å². The molecule has 1 aliphatic rings. The van der Waals surface area contributed by atoms with Gasteiger partial charge in [-0.15, -0.1) is 0 Å². The van der Waals surface area contributed by atoms with Crippen LogP contribution in [0.2, 0.25) is 0 Å². The Labute approximate surface area is 132 Å². The first-order valence-electron chi connectivity index (χ1n) is 7.09. The molecule has 1 atom stereocenters.